The Labute approximate surface area is 184 Å². The van der Waals surface area contributed by atoms with Gasteiger partial charge >= 0.3 is 0 Å². The van der Waals surface area contributed by atoms with Crippen LogP contribution in [0.15, 0.2) is 46.9 Å². The second kappa shape index (κ2) is 9.18. The Bertz CT molecular complexity index is 1160. The Balaban J connectivity index is 1.85. The van der Waals surface area contributed by atoms with Crippen LogP contribution in [0.2, 0.25) is 0 Å². The van der Waals surface area contributed by atoms with Gasteiger partial charge in [0.2, 0.25) is 5.91 Å². The Morgan fingerprint density at radius 1 is 1.30 bits per heavy atom. The number of aryl methyl sites for hydroxylation is 3. The number of nitrogens with zero attached hydrogens (tertiary/aromatic N) is 2. The average Bonchev–Trinajstić information content (AvgIpc) is 2.93. The van der Waals surface area contributed by atoms with Crippen LogP contribution in [-0.4, -0.2) is 27.8 Å². The fraction of sp³-hybridized carbons (Fsp3) is 0.348. The van der Waals surface area contributed by atoms with E-state index in [-0.39, 0.29) is 17.2 Å². The standard InChI is InChI=1S/C23H25N3O2S2/c1-3-13-24-19(27)14-29-23-25-21-20(16-10-5-4-6-12-18(16)30-21)22(28)26(23)17-11-8-7-9-15(17)2/h3,7-9,11H,1,4-6,10,12-14H2,2H3,(H,24,27). The molecule has 4 rings (SSSR count). The molecule has 0 radical (unpaired) electrons. The van der Waals surface area contributed by atoms with Crippen LogP contribution in [0.3, 0.4) is 0 Å². The Hall–Kier alpha value is -2.38. The molecule has 30 heavy (non-hydrogen) atoms. The first-order chi connectivity index (χ1) is 14.6. The van der Waals surface area contributed by atoms with E-state index in [4.69, 9.17) is 4.98 Å². The summed E-state index contributed by atoms with van der Waals surface area (Å²) in [5.74, 6) is 0.0931. The largest absolute Gasteiger partial charge is 0.352 e. The highest BCUT2D eigenvalue weighted by atomic mass is 32.2. The Kier molecular flexibility index (Phi) is 6.39. The van der Waals surface area contributed by atoms with E-state index >= 15 is 0 Å². The molecule has 0 unspecified atom stereocenters. The summed E-state index contributed by atoms with van der Waals surface area (Å²) in [5, 5.41) is 4.11. The highest BCUT2D eigenvalue weighted by molar-refractivity contribution is 7.99. The Morgan fingerprint density at radius 2 is 2.10 bits per heavy atom. The van der Waals surface area contributed by atoms with Crippen molar-refractivity contribution in [1.82, 2.24) is 14.9 Å². The third kappa shape index (κ3) is 4.09. The molecule has 0 saturated carbocycles. The molecule has 2 aromatic heterocycles. The fourth-order valence-electron chi connectivity index (χ4n) is 3.85. The van der Waals surface area contributed by atoms with Crippen molar-refractivity contribution >= 4 is 39.2 Å². The van der Waals surface area contributed by atoms with E-state index in [1.807, 2.05) is 31.2 Å². The number of thioether (sulfide) groups is 1. The second-order valence-corrected chi connectivity index (χ2v) is 9.47. The van der Waals surface area contributed by atoms with Crippen LogP contribution in [0.5, 0.6) is 0 Å². The van der Waals surface area contributed by atoms with Gasteiger partial charge in [-0.15, -0.1) is 17.9 Å². The van der Waals surface area contributed by atoms with Crippen LogP contribution < -0.4 is 10.9 Å². The first-order valence-electron chi connectivity index (χ1n) is 10.2. The zero-order valence-corrected chi connectivity index (χ0v) is 18.7. The lowest BCUT2D eigenvalue weighted by molar-refractivity contribution is -0.118. The number of aromatic nitrogens is 2. The van der Waals surface area contributed by atoms with E-state index in [9.17, 15) is 9.59 Å². The van der Waals surface area contributed by atoms with Crippen molar-refractivity contribution in [1.29, 1.82) is 0 Å². The normalized spacial score (nSPS) is 13.6. The number of benzene rings is 1. The molecule has 0 aliphatic heterocycles. The highest BCUT2D eigenvalue weighted by Gasteiger charge is 2.23. The minimum atomic E-state index is -0.104. The van der Waals surface area contributed by atoms with Gasteiger partial charge in [0.1, 0.15) is 4.83 Å². The maximum atomic E-state index is 13.8. The van der Waals surface area contributed by atoms with E-state index in [2.05, 4.69) is 11.9 Å². The molecule has 7 heteroatoms. The van der Waals surface area contributed by atoms with Gasteiger partial charge in [-0.2, -0.15) is 0 Å². The van der Waals surface area contributed by atoms with Gasteiger partial charge in [0.25, 0.3) is 5.56 Å². The van der Waals surface area contributed by atoms with Crippen molar-refractivity contribution in [3.05, 3.63) is 63.3 Å². The monoisotopic (exact) mass is 439 g/mol. The van der Waals surface area contributed by atoms with Gasteiger partial charge < -0.3 is 5.32 Å². The van der Waals surface area contributed by atoms with E-state index < -0.39 is 0 Å². The number of rotatable bonds is 6. The molecule has 156 valence electrons. The van der Waals surface area contributed by atoms with Crippen LogP contribution in [0, 0.1) is 6.92 Å². The first kappa shape index (κ1) is 20.9. The topological polar surface area (TPSA) is 64.0 Å². The molecular weight excluding hydrogens is 414 g/mol. The molecule has 0 atom stereocenters. The summed E-state index contributed by atoms with van der Waals surface area (Å²) >= 11 is 2.95. The SMILES string of the molecule is C=CCNC(=O)CSc1nc2sc3c(c2c(=O)n1-c1ccccc1C)CCCCC3. The van der Waals surface area contributed by atoms with Gasteiger partial charge in [0, 0.05) is 11.4 Å². The third-order valence-electron chi connectivity index (χ3n) is 5.34. The van der Waals surface area contributed by atoms with Crippen LogP contribution in [0.1, 0.15) is 35.3 Å². The zero-order chi connectivity index (χ0) is 21.1. The number of carbonyl (C=O) groups is 1. The number of amides is 1. The summed E-state index contributed by atoms with van der Waals surface area (Å²) in [6, 6.07) is 7.82. The van der Waals surface area contributed by atoms with E-state index in [0.717, 1.165) is 47.2 Å². The van der Waals surface area contributed by atoms with Gasteiger partial charge in [0.05, 0.1) is 16.8 Å². The number of para-hydroxylation sites is 1. The van der Waals surface area contributed by atoms with E-state index in [1.165, 1.54) is 28.6 Å². The fourth-order valence-corrected chi connectivity index (χ4v) is 5.99. The van der Waals surface area contributed by atoms with Crippen molar-refractivity contribution in [2.45, 2.75) is 44.2 Å². The number of thiophene rings is 1. The summed E-state index contributed by atoms with van der Waals surface area (Å²) in [5.41, 5.74) is 2.98. The van der Waals surface area contributed by atoms with Gasteiger partial charge in [-0.1, -0.05) is 42.5 Å². The maximum Gasteiger partial charge on any atom is 0.267 e. The summed E-state index contributed by atoms with van der Waals surface area (Å²) in [6.45, 7) is 6.04. The molecular formula is C23H25N3O2S2. The van der Waals surface area contributed by atoms with Gasteiger partial charge in [-0.05, 0) is 49.8 Å². The van der Waals surface area contributed by atoms with Gasteiger partial charge in [-0.3, -0.25) is 14.2 Å². The van der Waals surface area contributed by atoms with Crippen LogP contribution >= 0.6 is 23.1 Å². The lowest BCUT2D eigenvalue weighted by atomic mass is 10.1. The summed E-state index contributed by atoms with van der Waals surface area (Å²) < 4.78 is 1.70. The quantitative estimate of drug-likeness (QED) is 0.267. The molecule has 0 saturated heterocycles. The molecule has 1 aliphatic carbocycles. The lowest BCUT2D eigenvalue weighted by Gasteiger charge is -2.14. The molecule has 1 N–H and O–H groups in total. The predicted molar refractivity (Wildman–Crippen MR) is 125 cm³/mol. The minimum absolute atomic E-state index is 0.0253. The molecule has 3 aromatic rings. The number of hydrogen-bond donors (Lipinski definition) is 1. The minimum Gasteiger partial charge on any atom is -0.352 e. The molecule has 1 aromatic carbocycles. The molecule has 2 heterocycles. The summed E-state index contributed by atoms with van der Waals surface area (Å²) in [7, 11) is 0. The van der Waals surface area contributed by atoms with Crippen LogP contribution in [0.4, 0.5) is 0 Å². The molecule has 5 nitrogen and oxygen atoms in total. The van der Waals surface area contributed by atoms with Crippen molar-refractivity contribution in [2.24, 2.45) is 0 Å². The number of carbonyl (C=O) groups excluding carboxylic acids is 1. The van der Waals surface area contributed by atoms with E-state index in [0.29, 0.717) is 11.7 Å². The summed E-state index contributed by atoms with van der Waals surface area (Å²) in [4.78, 5) is 32.9. The highest BCUT2D eigenvalue weighted by Crippen LogP contribution is 2.34. The number of nitrogens with one attached hydrogen (secondary N) is 1. The molecule has 1 amide bonds. The van der Waals surface area contributed by atoms with Crippen molar-refractivity contribution in [3.63, 3.8) is 0 Å². The average molecular weight is 440 g/mol. The summed E-state index contributed by atoms with van der Waals surface area (Å²) in [6.07, 6.45) is 7.09. The van der Waals surface area contributed by atoms with Crippen LogP contribution in [0.25, 0.3) is 15.9 Å². The Morgan fingerprint density at radius 3 is 2.90 bits per heavy atom. The molecule has 0 spiro atoms. The third-order valence-corrected chi connectivity index (χ3v) is 7.46. The van der Waals surface area contributed by atoms with Gasteiger partial charge in [0.15, 0.2) is 5.16 Å². The van der Waals surface area contributed by atoms with Crippen molar-refractivity contribution in [2.75, 3.05) is 12.3 Å². The zero-order valence-electron chi connectivity index (χ0n) is 17.1. The second-order valence-electron chi connectivity index (χ2n) is 7.45. The van der Waals surface area contributed by atoms with Crippen molar-refractivity contribution in [3.8, 4) is 5.69 Å². The number of hydrogen-bond acceptors (Lipinski definition) is 5. The molecule has 1 aliphatic rings. The predicted octanol–water partition coefficient (Wildman–Crippen LogP) is 4.42. The molecule has 0 fully saturated rings. The van der Waals surface area contributed by atoms with Gasteiger partial charge in [-0.25, -0.2) is 4.98 Å². The smallest absolute Gasteiger partial charge is 0.267 e. The molecule has 0 bridgehead atoms. The maximum absolute atomic E-state index is 13.8. The van der Waals surface area contributed by atoms with Crippen molar-refractivity contribution < 1.29 is 4.79 Å². The lowest BCUT2D eigenvalue weighted by Crippen LogP contribution is -2.26. The van der Waals surface area contributed by atoms with E-state index in [1.54, 1.807) is 22.0 Å². The van der Waals surface area contributed by atoms with Crippen LogP contribution in [-0.2, 0) is 17.6 Å². The number of fused-ring (bicyclic) bond motifs is 3. The first-order valence-corrected chi connectivity index (χ1v) is 12.0.